The number of ketones is 1. The molecule has 51 heavy (non-hydrogen) atoms. The Bertz CT molecular complexity index is 2000. The average molecular weight is 881 g/mol. The fraction of sp³-hybridized carbons (Fsp3) is 0.422. The van der Waals surface area contributed by atoms with E-state index in [0.29, 0.717) is 5.92 Å². The Morgan fingerprint density at radius 2 is 1.57 bits per heavy atom. The van der Waals surface area contributed by atoms with E-state index in [2.05, 4.69) is 106 Å². The van der Waals surface area contributed by atoms with Gasteiger partial charge in [-0.3, -0.25) is 9.78 Å². The molecule has 0 fully saturated rings. The van der Waals surface area contributed by atoms with Crippen LogP contribution in [0.4, 0.5) is 0 Å². The second kappa shape index (κ2) is 16.1. The Morgan fingerprint density at radius 3 is 2.20 bits per heavy atom. The number of rotatable bonds is 9. The molecule has 4 nitrogen and oxygen atoms in total. The number of aromatic nitrogens is 1. The summed E-state index contributed by atoms with van der Waals surface area (Å²) in [5.74, 6) is 1.58. The first-order chi connectivity index (χ1) is 23.7. The summed E-state index contributed by atoms with van der Waals surface area (Å²) in [7, 11) is 0. The first-order valence-corrected chi connectivity index (χ1v) is 19.1. The quantitative estimate of drug-likeness (QED) is 0.103. The zero-order valence-electron chi connectivity index (χ0n) is 31.9. The van der Waals surface area contributed by atoms with Crippen molar-refractivity contribution in [2.45, 2.75) is 106 Å². The maximum absolute atomic E-state index is 12.2. The molecular weight excluding hydrogens is 827 g/mol. The van der Waals surface area contributed by atoms with Gasteiger partial charge < -0.3 is 9.84 Å². The number of ether oxygens (including phenoxy) is 1. The largest absolute Gasteiger partial charge is 0.512 e. The number of carbonyl (C=O) groups excluding carboxylic acids is 1. The van der Waals surface area contributed by atoms with Crippen LogP contribution in [0, 0.1) is 22.8 Å². The summed E-state index contributed by atoms with van der Waals surface area (Å²) in [5, 5.41) is 15.8. The van der Waals surface area contributed by atoms with Gasteiger partial charge in [0, 0.05) is 59.6 Å². The SMILES string of the molecule is CC1=C(c2cc(-c3[c-]c4ccccc4c(C(C)(C)C)c3)nc3sccc23)OC2C=CC=CC12.CCC(C)(CC)C(=O)/C=C(\O)C(C)(CC)CC.[Ir]. The van der Waals surface area contributed by atoms with E-state index in [1.807, 2.05) is 41.5 Å². The monoisotopic (exact) mass is 881 g/mol. The molecule has 2 aliphatic rings. The molecule has 2 aromatic carbocycles. The zero-order chi connectivity index (χ0) is 36.4. The molecule has 4 aromatic rings. The summed E-state index contributed by atoms with van der Waals surface area (Å²) in [5.41, 5.74) is 5.11. The number of aliphatic hydroxyl groups excluding tert-OH is 1. The van der Waals surface area contributed by atoms with Crippen molar-refractivity contribution in [1.29, 1.82) is 0 Å². The van der Waals surface area contributed by atoms with Gasteiger partial charge in [0.05, 0.1) is 0 Å². The number of fused-ring (bicyclic) bond motifs is 3. The average Bonchev–Trinajstić information content (AvgIpc) is 3.74. The summed E-state index contributed by atoms with van der Waals surface area (Å²) in [4.78, 5) is 18.3. The molecule has 0 saturated heterocycles. The molecule has 0 saturated carbocycles. The van der Waals surface area contributed by atoms with Crippen LogP contribution >= 0.6 is 11.3 Å². The minimum atomic E-state index is -0.337. The van der Waals surface area contributed by atoms with Crippen LogP contribution in [0.2, 0.25) is 0 Å². The van der Waals surface area contributed by atoms with Crippen molar-refractivity contribution in [2.75, 3.05) is 0 Å². The molecule has 0 spiro atoms. The topological polar surface area (TPSA) is 59.4 Å². The first kappa shape index (κ1) is 40.5. The number of carbonyl (C=O) groups is 1. The van der Waals surface area contributed by atoms with Crippen molar-refractivity contribution >= 4 is 43.9 Å². The van der Waals surface area contributed by atoms with E-state index < -0.39 is 0 Å². The van der Waals surface area contributed by atoms with Crippen molar-refractivity contribution in [2.24, 2.45) is 16.7 Å². The van der Waals surface area contributed by atoms with Crippen molar-refractivity contribution in [1.82, 2.24) is 4.98 Å². The summed E-state index contributed by atoms with van der Waals surface area (Å²) in [6, 6.07) is 18.8. The second-order valence-electron chi connectivity index (χ2n) is 15.4. The predicted molar refractivity (Wildman–Crippen MR) is 212 cm³/mol. The molecule has 2 atom stereocenters. The molecule has 273 valence electrons. The third kappa shape index (κ3) is 8.19. The fourth-order valence-electron chi connectivity index (χ4n) is 6.69. The molecule has 2 aromatic heterocycles. The summed E-state index contributed by atoms with van der Waals surface area (Å²) in [6.45, 7) is 21.1. The number of benzene rings is 2. The van der Waals surface area contributed by atoms with E-state index in [4.69, 9.17) is 9.72 Å². The van der Waals surface area contributed by atoms with Gasteiger partial charge in [-0.05, 0) is 61.1 Å². The van der Waals surface area contributed by atoms with E-state index in [1.54, 1.807) is 11.3 Å². The van der Waals surface area contributed by atoms with Gasteiger partial charge in [-0.1, -0.05) is 116 Å². The smallest absolute Gasteiger partial charge is 0.164 e. The Balaban J connectivity index is 0.000000279. The minimum absolute atomic E-state index is 0. The molecule has 1 aliphatic heterocycles. The maximum atomic E-state index is 12.2. The van der Waals surface area contributed by atoms with Crippen LogP contribution in [0.25, 0.3) is 38.0 Å². The normalized spacial score (nSPS) is 17.6. The van der Waals surface area contributed by atoms with E-state index in [9.17, 15) is 9.90 Å². The Labute approximate surface area is 323 Å². The molecule has 6 rings (SSSR count). The second-order valence-corrected chi connectivity index (χ2v) is 16.3. The zero-order valence-corrected chi connectivity index (χ0v) is 35.2. The van der Waals surface area contributed by atoms with Crippen LogP contribution in [0.5, 0.6) is 0 Å². The van der Waals surface area contributed by atoms with Crippen LogP contribution in [0.15, 0.2) is 89.6 Å². The third-order valence-corrected chi connectivity index (χ3v) is 12.1. The summed E-state index contributed by atoms with van der Waals surface area (Å²) < 4.78 is 6.49. The fourth-order valence-corrected chi connectivity index (χ4v) is 7.48. The van der Waals surface area contributed by atoms with E-state index in [0.717, 1.165) is 63.9 Å². The van der Waals surface area contributed by atoms with Crippen LogP contribution in [-0.4, -0.2) is 22.0 Å². The number of thiophene rings is 1. The van der Waals surface area contributed by atoms with Crippen LogP contribution in [-0.2, 0) is 35.1 Å². The molecule has 3 heterocycles. The molecular formula is C45H54IrNO3S-. The standard InChI is InChI=1S/C30H26NOS.C15H28O2.Ir/c1-18-21-10-7-8-12-27(21)32-28(18)24-17-26(31-29-23(24)13-14-33-29)20-15-19-9-5-6-11-22(19)25(16-20)30(2,3)4;1-7-14(5,8-2)12(16)11-13(17)15(6,9-3)10-4;/h5-14,16-17,21,27H,1-4H3;11,16H,7-10H2,1-6H3;/q-1;;/b;12-11-;. The molecule has 1 aliphatic carbocycles. The van der Waals surface area contributed by atoms with Crippen LogP contribution in [0.3, 0.4) is 0 Å². The van der Waals surface area contributed by atoms with Crippen molar-refractivity contribution in [3.63, 3.8) is 0 Å². The Morgan fingerprint density at radius 1 is 0.922 bits per heavy atom. The van der Waals surface area contributed by atoms with Gasteiger partial charge in [-0.2, -0.15) is 0 Å². The van der Waals surface area contributed by atoms with Gasteiger partial charge in [0.15, 0.2) is 5.78 Å². The molecule has 2 unspecified atom stereocenters. The maximum Gasteiger partial charge on any atom is 0.164 e. The first-order valence-electron chi connectivity index (χ1n) is 18.2. The minimum Gasteiger partial charge on any atom is -0.512 e. The number of hydrogen-bond acceptors (Lipinski definition) is 5. The van der Waals surface area contributed by atoms with E-state index in [1.165, 1.54) is 22.6 Å². The summed E-state index contributed by atoms with van der Waals surface area (Å²) in [6.07, 6.45) is 13.4. The summed E-state index contributed by atoms with van der Waals surface area (Å²) >= 11 is 1.68. The van der Waals surface area contributed by atoms with E-state index in [-0.39, 0.29) is 54.0 Å². The molecule has 6 heteroatoms. The molecule has 1 N–H and O–H groups in total. The number of pyridine rings is 1. The van der Waals surface area contributed by atoms with Crippen molar-refractivity contribution < 1.29 is 34.7 Å². The van der Waals surface area contributed by atoms with Crippen molar-refractivity contribution in [3.8, 4) is 11.3 Å². The van der Waals surface area contributed by atoms with Gasteiger partial charge in [0.2, 0.25) is 0 Å². The number of aliphatic hydroxyl groups is 1. The van der Waals surface area contributed by atoms with E-state index >= 15 is 0 Å². The van der Waals surface area contributed by atoms with Gasteiger partial charge in [0.25, 0.3) is 0 Å². The number of nitrogens with zero attached hydrogens (tertiary/aromatic N) is 1. The molecule has 0 amide bonds. The molecule has 0 bridgehead atoms. The van der Waals surface area contributed by atoms with Gasteiger partial charge >= 0.3 is 0 Å². The van der Waals surface area contributed by atoms with Gasteiger partial charge in [-0.25, -0.2) is 0 Å². The molecule has 1 radical (unpaired) electrons. The Kier molecular flexibility index (Phi) is 12.8. The van der Waals surface area contributed by atoms with Crippen molar-refractivity contribution in [3.05, 3.63) is 107 Å². The van der Waals surface area contributed by atoms with Gasteiger partial charge in [-0.15, -0.1) is 40.5 Å². The van der Waals surface area contributed by atoms with Crippen LogP contribution < -0.4 is 0 Å². The van der Waals surface area contributed by atoms with Crippen LogP contribution in [0.1, 0.15) is 106 Å². The number of allylic oxidation sites excluding steroid dienone is 4. The third-order valence-electron chi connectivity index (χ3n) is 11.3. The predicted octanol–water partition coefficient (Wildman–Crippen LogP) is 12.7. The van der Waals surface area contributed by atoms with Gasteiger partial charge in [0.1, 0.15) is 22.5 Å². The number of hydrogen-bond donors (Lipinski definition) is 1. The Hall–Kier alpha value is -3.31.